The van der Waals surface area contributed by atoms with Crippen molar-refractivity contribution in [2.45, 2.75) is 18.9 Å². The van der Waals surface area contributed by atoms with Crippen molar-refractivity contribution in [1.29, 1.82) is 0 Å². The number of imidazole rings is 1. The fraction of sp³-hybridized carbons (Fsp3) is 0.286. The Morgan fingerprint density at radius 1 is 1.30 bits per heavy atom. The predicted octanol–water partition coefficient (Wildman–Crippen LogP) is 3.45. The second kappa shape index (κ2) is 4.64. The van der Waals surface area contributed by atoms with Gasteiger partial charge >= 0.3 is 0 Å². The van der Waals surface area contributed by atoms with Crippen molar-refractivity contribution in [3.8, 4) is 11.3 Å². The van der Waals surface area contributed by atoms with Gasteiger partial charge in [0.05, 0.1) is 11.9 Å². The molecule has 3 heterocycles. The maximum Gasteiger partial charge on any atom is 0.212 e. The minimum atomic E-state index is -0.242. The molecule has 0 radical (unpaired) electrons. The second-order valence-electron chi connectivity index (χ2n) is 4.80. The molecule has 0 saturated carbocycles. The Bertz CT molecular complexity index is 712. The first-order valence-corrected chi connectivity index (χ1v) is 7.35. The lowest BCUT2D eigenvalue weighted by Gasteiger charge is -2.02. The van der Waals surface area contributed by atoms with E-state index in [0.717, 1.165) is 40.7 Å². The Morgan fingerprint density at radius 3 is 2.85 bits per heavy atom. The first kappa shape index (κ1) is 12.0. The quantitative estimate of drug-likeness (QED) is 0.725. The molecule has 20 heavy (non-hydrogen) atoms. The summed E-state index contributed by atoms with van der Waals surface area (Å²) in [5.74, 6) is -0.242. The van der Waals surface area contributed by atoms with Crippen LogP contribution in [0.4, 0.5) is 4.39 Å². The third-order valence-corrected chi connectivity index (χ3v) is 4.42. The van der Waals surface area contributed by atoms with E-state index in [0.29, 0.717) is 0 Å². The van der Waals surface area contributed by atoms with Crippen LogP contribution in [0.3, 0.4) is 0 Å². The summed E-state index contributed by atoms with van der Waals surface area (Å²) in [5, 5.41) is 5.51. The summed E-state index contributed by atoms with van der Waals surface area (Å²) in [5.41, 5.74) is 1.70. The van der Waals surface area contributed by atoms with Crippen LogP contribution in [0.2, 0.25) is 0 Å². The zero-order chi connectivity index (χ0) is 13.5. The molecule has 1 saturated heterocycles. The molecule has 0 N–H and O–H groups in total. The van der Waals surface area contributed by atoms with Gasteiger partial charge < -0.3 is 4.74 Å². The van der Waals surface area contributed by atoms with Gasteiger partial charge in [-0.25, -0.2) is 13.9 Å². The molecule has 1 atom stereocenters. The van der Waals surface area contributed by atoms with E-state index in [1.165, 1.54) is 12.1 Å². The zero-order valence-electron chi connectivity index (χ0n) is 10.6. The van der Waals surface area contributed by atoms with Crippen LogP contribution >= 0.6 is 11.3 Å². The van der Waals surface area contributed by atoms with Crippen LogP contribution in [0.15, 0.2) is 30.5 Å². The number of benzene rings is 1. The van der Waals surface area contributed by atoms with E-state index in [2.05, 4.69) is 10.1 Å². The summed E-state index contributed by atoms with van der Waals surface area (Å²) in [6.07, 6.45) is 4.11. The zero-order valence-corrected chi connectivity index (χ0v) is 11.4. The smallest absolute Gasteiger partial charge is 0.212 e. The normalized spacial score (nSPS) is 18.9. The third-order valence-electron chi connectivity index (χ3n) is 3.40. The third kappa shape index (κ3) is 2.01. The Morgan fingerprint density at radius 2 is 2.15 bits per heavy atom. The minimum absolute atomic E-state index is 0.121. The molecule has 1 aliphatic rings. The Kier molecular flexibility index (Phi) is 2.78. The van der Waals surface area contributed by atoms with Crippen molar-refractivity contribution in [1.82, 2.24) is 14.6 Å². The fourth-order valence-electron chi connectivity index (χ4n) is 2.38. The molecule has 3 aromatic rings. The lowest BCUT2D eigenvalue weighted by atomic mass is 10.2. The van der Waals surface area contributed by atoms with Crippen molar-refractivity contribution in [3.05, 3.63) is 41.3 Å². The molecule has 4 nitrogen and oxygen atoms in total. The number of rotatable bonds is 2. The van der Waals surface area contributed by atoms with Gasteiger partial charge in [-0.2, -0.15) is 5.10 Å². The average molecular weight is 289 g/mol. The summed E-state index contributed by atoms with van der Waals surface area (Å²) >= 11 is 1.55. The number of ether oxygens (including phenoxy) is 1. The lowest BCUT2D eigenvalue weighted by Crippen LogP contribution is -1.95. The Labute approximate surface area is 118 Å². The standard InChI is InChI=1S/C14H12FN3OS/c15-10-5-3-9(4-6-10)11-8-18-14(16-11)20-13(17-18)12-2-1-7-19-12/h3-6,8,12H,1-2,7H2. The van der Waals surface area contributed by atoms with Crippen molar-refractivity contribution >= 4 is 16.3 Å². The summed E-state index contributed by atoms with van der Waals surface area (Å²) in [7, 11) is 0. The van der Waals surface area contributed by atoms with Crippen molar-refractivity contribution < 1.29 is 9.13 Å². The predicted molar refractivity (Wildman–Crippen MR) is 74.2 cm³/mol. The molecular formula is C14H12FN3OS. The van der Waals surface area contributed by atoms with Crippen LogP contribution in [0.1, 0.15) is 24.0 Å². The maximum absolute atomic E-state index is 12.9. The highest BCUT2D eigenvalue weighted by molar-refractivity contribution is 7.16. The number of hydrogen-bond acceptors (Lipinski definition) is 4. The molecule has 4 rings (SSSR count). The highest BCUT2D eigenvalue weighted by Crippen LogP contribution is 2.32. The van der Waals surface area contributed by atoms with E-state index in [9.17, 15) is 4.39 Å². The molecule has 0 aliphatic carbocycles. The Hall–Kier alpha value is -1.79. The first-order valence-electron chi connectivity index (χ1n) is 6.53. The van der Waals surface area contributed by atoms with E-state index < -0.39 is 0 Å². The van der Waals surface area contributed by atoms with Gasteiger partial charge in [-0.05, 0) is 37.1 Å². The van der Waals surface area contributed by atoms with E-state index in [4.69, 9.17) is 4.74 Å². The number of hydrogen-bond donors (Lipinski definition) is 0. The van der Waals surface area contributed by atoms with Gasteiger partial charge in [0.1, 0.15) is 16.9 Å². The first-order chi connectivity index (χ1) is 9.79. The van der Waals surface area contributed by atoms with Gasteiger partial charge in [-0.1, -0.05) is 11.3 Å². The van der Waals surface area contributed by atoms with Crippen molar-refractivity contribution in [2.75, 3.05) is 6.61 Å². The highest BCUT2D eigenvalue weighted by Gasteiger charge is 2.22. The summed E-state index contributed by atoms with van der Waals surface area (Å²) in [6, 6.07) is 6.33. The lowest BCUT2D eigenvalue weighted by molar-refractivity contribution is 0.111. The molecule has 0 amide bonds. The molecule has 1 aliphatic heterocycles. The van der Waals surface area contributed by atoms with Gasteiger partial charge in [0, 0.05) is 12.2 Å². The second-order valence-corrected chi connectivity index (χ2v) is 5.79. The van der Waals surface area contributed by atoms with Crippen LogP contribution in [-0.2, 0) is 4.74 Å². The molecule has 102 valence electrons. The minimum Gasteiger partial charge on any atom is -0.371 e. The molecule has 2 aromatic heterocycles. The van der Waals surface area contributed by atoms with Gasteiger partial charge in [0.25, 0.3) is 0 Å². The van der Waals surface area contributed by atoms with Crippen LogP contribution in [0.25, 0.3) is 16.2 Å². The molecule has 6 heteroatoms. The number of nitrogens with zero attached hydrogens (tertiary/aromatic N) is 3. The van der Waals surface area contributed by atoms with Crippen molar-refractivity contribution in [3.63, 3.8) is 0 Å². The fourth-order valence-corrected chi connectivity index (χ4v) is 3.34. The largest absolute Gasteiger partial charge is 0.371 e. The van der Waals surface area contributed by atoms with Crippen LogP contribution in [0.5, 0.6) is 0 Å². The molecule has 0 spiro atoms. The van der Waals surface area contributed by atoms with Gasteiger partial charge in [0.2, 0.25) is 4.96 Å². The van der Waals surface area contributed by atoms with E-state index in [-0.39, 0.29) is 11.9 Å². The van der Waals surface area contributed by atoms with Crippen molar-refractivity contribution in [2.24, 2.45) is 0 Å². The van der Waals surface area contributed by atoms with Crippen LogP contribution in [-0.4, -0.2) is 21.2 Å². The van der Waals surface area contributed by atoms with Gasteiger partial charge in [-0.3, -0.25) is 0 Å². The van der Waals surface area contributed by atoms with Crippen LogP contribution < -0.4 is 0 Å². The molecule has 1 aromatic carbocycles. The molecular weight excluding hydrogens is 277 g/mol. The summed E-state index contributed by atoms with van der Waals surface area (Å²) < 4.78 is 20.3. The molecule has 1 fully saturated rings. The SMILES string of the molecule is Fc1ccc(-c2cn3nc(C4CCCO4)sc3n2)cc1. The number of fused-ring (bicyclic) bond motifs is 1. The average Bonchev–Trinajstić information content (AvgIpc) is 3.14. The Balaban J connectivity index is 1.69. The van der Waals surface area contributed by atoms with E-state index >= 15 is 0 Å². The highest BCUT2D eigenvalue weighted by atomic mass is 32.1. The maximum atomic E-state index is 12.9. The molecule has 0 bridgehead atoms. The van der Waals surface area contributed by atoms with Crippen LogP contribution in [0, 0.1) is 5.82 Å². The summed E-state index contributed by atoms with van der Waals surface area (Å²) in [6.45, 7) is 0.813. The van der Waals surface area contributed by atoms with Gasteiger partial charge in [0.15, 0.2) is 0 Å². The number of halogens is 1. The summed E-state index contributed by atoms with van der Waals surface area (Å²) in [4.78, 5) is 5.39. The molecule has 1 unspecified atom stereocenters. The monoisotopic (exact) mass is 289 g/mol. The topological polar surface area (TPSA) is 39.4 Å². The van der Waals surface area contributed by atoms with E-state index in [1.807, 2.05) is 6.20 Å². The number of aromatic nitrogens is 3. The van der Waals surface area contributed by atoms with E-state index in [1.54, 1.807) is 28.0 Å². The van der Waals surface area contributed by atoms with Gasteiger partial charge in [-0.15, -0.1) is 0 Å².